The van der Waals surface area contributed by atoms with E-state index in [0.29, 0.717) is 6.54 Å². The molecule has 1 fully saturated rings. The van der Waals surface area contributed by atoms with Crippen molar-refractivity contribution in [2.75, 3.05) is 19.6 Å². The van der Waals surface area contributed by atoms with Crippen molar-refractivity contribution >= 4 is 33.5 Å². The average Bonchev–Trinajstić information content (AvgIpc) is 3.12. The van der Waals surface area contributed by atoms with Gasteiger partial charge in [0.05, 0.1) is 22.8 Å². The third-order valence-electron chi connectivity index (χ3n) is 3.90. The molecule has 2 aromatic rings. The fraction of sp³-hybridized carbons (Fsp3) is 0.438. The second kappa shape index (κ2) is 7.06. The van der Waals surface area contributed by atoms with E-state index in [1.807, 2.05) is 25.1 Å². The maximum atomic E-state index is 12.0. The molecule has 1 aromatic heterocycles. The molecule has 1 atom stereocenters. The number of hydrogen-bond donors (Lipinski definition) is 2. The predicted octanol–water partition coefficient (Wildman–Crippen LogP) is 2.28. The van der Waals surface area contributed by atoms with Crippen LogP contribution in [0.15, 0.2) is 24.3 Å². The molecule has 122 valence electrons. The summed E-state index contributed by atoms with van der Waals surface area (Å²) in [4.78, 5) is 30.2. The summed E-state index contributed by atoms with van der Waals surface area (Å²) in [5, 5.41) is 5.97. The van der Waals surface area contributed by atoms with Gasteiger partial charge < -0.3 is 5.32 Å². The van der Waals surface area contributed by atoms with Crippen LogP contribution < -0.4 is 10.6 Å². The zero-order chi connectivity index (χ0) is 16.2. The molecule has 0 spiro atoms. The van der Waals surface area contributed by atoms with E-state index in [9.17, 15) is 9.59 Å². The monoisotopic (exact) mass is 332 g/mol. The first-order valence-corrected chi connectivity index (χ1v) is 8.66. The van der Waals surface area contributed by atoms with E-state index in [4.69, 9.17) is 4.98 Å². The molecular weight excluding hydrogens is 312 g/mol. The standard InChI is InChI=1S/C16H20N4O2S/c1-2-17-16(22)19-14(21)10-20-9-5-7-12(20)15-18-11-6-3-4-8-13(11)23-15/h3-4,6,8,12H,2,5,7,9-10H2,1H3,(H2,17,19,21,22)/t12-/m0/s1. The lowest BCUT2D eigenvalue weighted by molar-refractivity contribution is -0.121. The molecule has 1 aliphatic rings. The van der Waals surface area contributed by atoms with Crippen molar-refractivity contribution in [3.8, 4) is 0 Å². The van der Waals surface area contributed by atoms with Gasteiger partial charge in [0.2, 0.25) is 5.91 Å². The van der Waals surface area contributed by atoms with Gasteiger partial charge in [0, 0.05) is 6.54 Å². The van der Waals surface area contributed by atoms with Crippen LogP contribution in [0.25, 0.3) is 10.2 Å². The van der Waals surface area contributed by atoms with Gasteiger partial charge in [-0.05, 0) is 38.4 Å². The Labute approximate surface area is 138 Å². The van der Waals surface area contributed by atoms with E-state index in [1.54, 1.807) is 11.3 Å². The van der Waals surface area contributed by atoms with Gasteiger partial charge in [-0.25, -0.2) is 9.78 Å². The van der Waals surface area contributed by atoms with E-state index < -0.39 is 6.03 Å². The zero-order valence-corrected chi connectivity index (χ0v) is 13.9. The van der Waals surface area contributed by atoms with Crippen LogP contribution in [0.3, 0.4) is 0 Å². The zero-order valence-electron chi connectivity index (χ0n) is 13.0. The molecule has 1 saturated heterocycles. The van der Waals surface area contributed by atoms with E-state index >= 15 is 0 Å². The molecule has 7 heteroatoms. The van der Waals surface area contributed by atoms with Gasteiger partial charge in [-0.3, -0.25) is 15.0 Å². The van der Waals surface area contributed by atoms with Gasteiger partial charge >= 0.3 is 6.03 Å². The molecule has 0 saturated carbocycles. The third kappa shape index (κ3) is 3.68. The van der Waals surface area contributed by atoms with Crippen LogP contribution in [-0.4, -0.2) is 41.5 Å². The number of aromatic nitrogens is 1. The largest absolute Gasteiger partial charge is 0.338 e. The number of hydrogen-bond acceptors (Lipinski definition) is 5. The molecule has 2 N–H and O–H groups in total. The van der Waals surface area contributed by atoms with Crippen LogP contribution in [0.2, 0.25) is 0 Å². The lowest BCUT2D eigenvalue weighted by Crippen LogP contribution is -2.44. The van der Waals surface area contributed by atoms with Crippen molar-refractivity contribution in [1.29, 1.82) is 0 Å². The van der Waals surface area contributed by atoms with Crippen LogP contribution >= 0.6 is 11.3 Å². The van der Waals surface area contributed by atoms with Crippen molar-refractivity contribution in [1.82, 2.24) is 20.5 Å². The maximum absolute atomic E-state index is 12.0. The number of imide groups is 1. The summed E-state index contributed by atoms with van der Waals surface area (Å²) in [6.07, 6.45) is 2.03. The van der Waals surface area contributed by atoms with Crippen LogP contribution in [-0.2, 0) is 4.79 Å². The topological polar surface area (TPSA) is 74.3 Å². The number of urea groups is 1. The van der Waals surface area contributed by atoms with Crippen LogP contribution in [0, 0.1) is 0 Å². The molecule has 0 aliphatic carbocycles. The molecule has 0 bridgehead atoms. The molecule has 23 heavy (non-hydrogen) atoms. The fourth-order valence-corrected chi connectivity index (χ4v) is 4.02. The SMILES string of the molecule is CCNC(=O)NC(=O)CN1CCC[C@H]1c1nc2ccccc2s1. The number of fused-ring (bicyclic) bond motifs is 1. The number of carbonyl (C=O) groups is 2. The Kier molecular flexibility index (Phi) is 4.88. The van der Waals surface area contributed by atoms with Gasteiger partial charge in [-0.2, -0.15) is 0 Å². The van der Waals surface area contributed by atoms with Crippen molar-refractivity contribution in [2.24, 2.45) is 0 Å². The second-order valence-electron chi connectivity index (χ2n) is 5.56. The quantitative estimate of drug-likeness (QED) is 0.901. The van der Waals surface area contributed by atoms with E-state index in [-0.39, 0.29) is 18.5 Å². The van der Waals surface area contributed by atoms with Gasteiger partial charge in [0.15, 0.2) is 0 Å². The molecule has 1 aromatic carbocycles. The Bertz CT molecular complexity index is 682. The molecular formula is C16H20N4O2S. The molecule has 3 amide bonds. The molecule has 0 unspecified atom stereocenters. The smallest absolute Gasteiger partial charge is 0.321 e. The summed E-state index contributed by atoms with van der Waals surface area (Å²) >= 11 is 1.68. The number of thiazole rings is 1. The minimum atomic E-state index is -0.437. The van der Waals surface area contributed by atoms with Crippen molar-refractivity contribution in [2.45, 2.75) is 25.8 Å². The number of nitrogens with zero attached hydrogens (tertiary/aromatic N) is 2. The predicted molar refractivity (Wildman–Crippen MR) is 90.4 cm³/mol. The Morgan fingerprint density at radius 3 is 3.00 bits per heavy atom. The summed E-state index contributed by atoms with van der Waals surface area (Å²) in [5.41, 5.74) is 1.01. The summed E-state index contributed by atoms with van der Waals surface area (Å²) in [5.74, 6) is -0.274. The molecule has 2 heterocycles. The van der Waals surface area contributed by atoms with Gasteiger partial charge in [-0.1, -0.05) is 12.1 Å². The van der Waals surface area contributed by atoms with Gasteiger partial charge in [0.1, 0.15) is 5.01 Å². The number of rotatable bonds is 4. The molecule has 0 radical (unpaired) electrons. The third-order valence-corrected chi connectivity index (χ3v) is 5.03. The van der Waals surface area contributed by atoms with Crippen molar-refractivity contribution in [3.63, 3.8) is 0 Å². The first kappa shape index (κ1) is 15.9. The van der Waals surface area contributed by atoms with Gasteiger partial charge in [-0.15, -0.1) is 11.3 Å². The number of benzene rings is 1. The summed E-state index contributed by atoms with van der Waals surface area (Å²) in [7, 11) is 0. The Balaban J connectivity index is 1.67. The van der Waals surface area contributed by atoms with Crippen LogP contribution in [0.5, 0.6) is 0 Å². The van der Waals surface area contributed by atoms with E-state index in [1.165, 1.54) is 4.70 Å². The number of likely N-dealkylation sites (tertiary alicyclic amines) is 1. The highest BCUT2D eigenvalue weighted by Gasteiger charge is 2.30. The van der Waals surface area contributed by atoms with Crippen LogP contribution in [0.1, 0.15) is 30.8 Å². The van der Waals surface area contributed by atoms with E-state index in [0.717, 1.165) is 29.9 Å². The highest BCUT2D eigenvalue weighted by atomic mass is 32.1. The minimum absolute atomic E-state index is 0.160. The first-order valence-electron chi connectivity index (χ1n) is 7.84. The summed E-state index contributed by atoms with van der Waals surface area (Å²) in [6.45, 7) is 3.38. The highest BCUT2D eigenvalue weighted by molar-refractivity contribution is 7.18. The van der Waals surface area contributed by atoms with Gasteiger partial charge in [0.25, 0.3) is 0 Å². The summed E-state index contributed by atoms with van der Waals surface area (Å²) < 4.78 is 1.17. The number of para-hydroxylation sites is 1. The normalized spacial score (nSPS) is 18.2. The Hall–Kier alpha value is -1.99. The first-order chi connectivity index (χ1) is 11.2. The minimum Gasteiger partial charge on any atom is -0.338 e. The number of amides is 3. The Morgan fingerprint density at radius 1 is 1.39 bits per heavy atom. The molecule has 3 rings (SSSR count). The molecule has 1 aliphatic heterocycles. The summed E-state index contributed by atoms with van der Waals surface area (Å²) in [6, 6.07) is 7.79. The number of carbonyl (C=O) groups excluding carboxylic acids is 2. The molecule has 6 nitrogen and oxygen atoms in total. The van der Waals surface area contributed by atoms with Crippen LogP contribution in [0.4, 0.5) is 4.79 Å². The maximum Gasteiger partial charge on any atom is 0.321 e. The number of nitrogens with one attached hydrogen (secondary N) is 2. The lowest BCUT2D eigenvalue weighted by atomic mass is 10.2. The van der Waals surface area contributed by atoms with E-state index in [2.05, 4.69) is 21.6 Å². The lowest BCUT2D eigenvalue weighted by Gasteiger charge is -2.21. The fourth-order valence-electron chi connectivity index (χ4n) is 2.88. The average molecular weight is 332 g/mol. The Morgan fingerprint density at radius 2 is 2.22 bits per heavy atom. The van der Waals surface area contributed by atoms with Crippen molar-refractivity contribution in [3.05, 3.63) is 29.3 Å². The second-order valence-corrected chi connectivity index (χ2v) is 6.62. The van der Waals surface area contributed by atoms with Crippen molar-refractivity contribution < 1.29 is 9.59 Å². The highest BCUT2D eigenvalue weighted by Crippen LogP contribution is 2.36.